The number of hydrogen-bond acceptors (Lipinski definition) is 3. The monoisotopic (exact) mass is 313 g/mol. The third kappa shape index (κ3) is 7.11. The van der Waals surface area contributed by atoms with Crippen LogP contribution in [0.1, 0.15) is 25.0 Å². The minimum Gasteiger partial charge on any atom is -0.350 e. The van der Waals surface area contributed by atoms with Crippen molar-refractivity contribution in [3.8, 4) is 0 Å². The van der Waals surface area contributed by atoms with Crippen molar-refractivity contribution >= 4 is 24.2 Å². The Bertz CT molecular complexity index is 478. The summed E-state index contributed by atoms with van der Waals surface area (Å²) in [7, 11) is 0. The van der Waals surface area contributed by atoms with Crippen LogP contribution in [0.2, 0.25) is 0 Å². The maximum absolute atomic E-state index is 11.6. The van der Waals surface area contributed by atoms with Crippen molar-refractivity contribution in [3.05, 3.63) is 35.4 Å². The fourth-order valence-corrected chi connectivity index (χ4v) is 1.67. The fourth-order valence-electron chi connectivity index (χ4n) is 1.67. The maximum atomic E-state index is 11.6. The number of carbonyl (C=O) groups is 2. The normalized spacial score (nSPS) is 11.5. The first-order valence-electron chi connectivity index (χ1n) is 6.75. The summed E-state index contributed by atoms with van der Waals surface area (Å²) in [5.41, 5.74) is 7.86. The fraction of sp³-hybridized carbons (Fsp3) is 0.467. The van der Waals surface area contributed by atoms with Crippen LogP contribution in [0, 0.1) is 12.8 Å². The molecule has 5 nitrogen and oxygen atoms in total. The molecule has 118 valence electrons. The van der Waals surface area contributed by atoms with Gasteiger partial charge >= 0.3 is 0 Å². The third-order valence-electron chi connectivity index (χ3n) is 3.02. The zero-order valence-electron chi connectivity index (χ0n) is 12.7. The molecule has 0 aliphatic carbocycles. The number of hydrogen-bond donors (Lipinski definition) is 3. The largest absolute Gasteiger partial charge is 0.350 e. The van der Waals surface area contributed by atoms with Crippen LogP contribution < -0.4 is 16.4 Å². The molecule has 2 amide bonds. The molecule has 6 heteroatoms. The Morgan fingerprint density at radius 2 is 1.90 bits per heavy atom. The van der Waals surface area contributed by atoms with E-state index in [4.69, 9.17) is 5.73 Å². The van der Waals surface area contributed by atoms with E-state index < -0.39 is 6.04 Å². The Morgan fingerprint density at radius 1 is 1.24 bits per heavy atom. The first-order valence-corrected chi connectivity index (χ1v) is 6.75. The van der Waals surface area contributed by atoms with Gasteiger partial charge in [0.2, 0.25) is 11.8 Å². The Morgan fingerprint density at radius 3 is 2.48 bits per heavy atom. The molecule has 0 unspecified atom stereocenters. The molecule has 0 radical (unpaired) electrons. The number of rotatable bonds is 6. The third-order valence-corrected chi connectivity index (χ3v) is 3.02. The summed E-state index contributed by atoms with van der Waals surface area (Å²) in [5, 5.41) is 5.29. The number of carbonyl (C=O) groups excluding carboxylic acids is 2. The highest BCUT2D eigenvalue weighted by Crippen LogP contribution is 2.03. The van der Waals surface area contributed by atoms with Gasteiger partial charge in [-0.05, 0) is 18.4 Å². The lowest BCUT2D eigenvalue weighted by atomic mass is 10.1. The molecule has 0 saturated carbocycles. The van der Waals surface area contributed by atoms with Gasteiger partial charge in [-0.2, -0.15) is 0 Å². The van der Waals surface area contributed by atoms with E-state index in [1.165, 1.54) is 0 Å². The molecule has 1 aromatic rings. The predicted molar refractivity (Wildman–Crippen MR) is 86.1 cm³/mol. The lowest BCUT2D eigenvalue weighted by molar-refractivity contribution is -0.127. The van der Waals surface area contributed by atoms with Gasteiger partial charge in [0, 0.05) is 6.54 Å². The summed E-state index contributed by atoms with van der Waals surface area (Å²) in [6.07, 6.45) is 0. The van der Waals surface area contributed by atoms with Crippen LogP contribution >= 0.6 is 12.4 Å². The Balaban J connectivity index is 0.00000400. The van der Waals surface area contributed by atoms with E-state index >= 15 is 0 Å². The molecule has 0 aliphatic rings. The number of halogens is 1. The Kier molecular flexibility index (Phi) is 8.66. The molecule has 0 aliphatic heterocycles. The van der Waals surface area contributed by atoms with Gasteiger partial charge in [0.15, 0.2) is 0 Å². The summed E-state index contributed by atoms with van der Waals surface area (Å²) in [5.74, 6) is -0.480. The summed E-state index contributed by atoms with van der Waals surface area (Å²) in [6.45, 7) is 6.13. The first-order chi connectivity index (χ1) is 9.40. The molecule has 21 heavy (non-hydrogen) atoms. The van der Waals surface area contributed by atoms with E-state index in [0.29, 0.717) is 6.54 Å². The zero-order valence-corrected chi connectivity index (χ0v) is 13.5. The zero-order chi connectivity index (χ0) is 15.1. The van der Waals surface area contributed by atoms with Crippen LogP contribution in [0.3, 0.4) is 0 Å². The van der Waals surface area contributed by atoms with E-state index in [2.05, 4.69) is 10.6 Å². The van der Waals surface area contributed by atoms with Crippen molar-refractivity contribution in [2.45, 2.75) is 33.4 Å². The van der Waals surface area contributed by atoms with Gasteiger partial charge in [-0.15, -0.1) is 12.4 Å². The molecule has 0 bridgehead atoms. The van der Waals surface area contributed by atoms with E-state index in [1.807, 2.05) is 45.0 Å². The van der Waals surface area contributed by atoms with Gasteiger partial charge < -0.3 is 16.4 Å². The summed E-state index contributed by atoms with van der Waals surface area (Å²) >= 11 is 0. The summed E-state index contributed by atoms with van der Waals surface area (Å²) in [6, 6.07) is 7.31. The van der Waals surface area contributed by atoms with Gasteiger partial charge in [0.1, 0.15) is 0 Å². The molecule has 1 aromatic carbocycles. The molecule has 0 spiro atoms. The summed E-state index contributed by atoms with van der Waals surface area (Å²) < 4.78 is 0. The van der Waals surface area contributed by atoms with Crippen LogP contribution in [0.25, 0.3) is 0 Å². The molecule has 1 atom stereocenters. The minimum atomic E-state index is -0.584. The molecule has 0 saturated heterocycles. The van der Waals surface area contributed by atoms with Gasteiger partial charge in [-0.3, -0.25) is 9.59 Å². The molecule has 1 rings (SSSR count). The number of amides is 2. The highest BCUT2D eigenvalue weighted by atomic mass is 35.5. The van der Waals surface area contributed by atoms with Crippen LogP contribution in [0.5, 0.6) is 0 Å². The van der Waals surface area contributed by atoms with Crippen molar-refractivity contribution in [3.63, 3.8) is 0 Å². The topological polar surface area (TPSA) is 84.2 Å². The number of aryl methyl sites for hydroxylation is 1. The van der Waals surface area contributed by atoms with Crippen molar-refractivity contribution in [1.82, 2.24) is 10.6 Å². The van der Waals surface area contributed by atoms with Gasteiger partial charge in [-0.25, -0.2) is 0 Å². The molecule has 0 fully saturated rings. The lowest BCUT2D eigenvalue weighted by Crippen LogP contribution is -2.47. The average molecular weight is 314 g/mol. The van der Waals surface area contributed by atoms with E-state index in [-0.39, 0.29) is 36.7 Å². The number of nitrogens with one attached hydrogen (secondary N) is 2. The van der Waals surface area contributed by atoms with E-state index in [9.17, 15) is 9.59 Å². The van der Waals surface area contributed by atoms with Crippen molar-refractivity contribution < 1.29 is 9.59 Å². The van der Waals surface area contributed by atoms with Gasteiger partial charge in [-0.1, -0.05) is 43.7 Å². The minimum absolute atomic E-state index is 0. The van der Waals surface area contributed by atoms with Gasteiger partial charge in [0.25, 0.3) is 0 Å². The smallest absolute Gasteiger partial charge is 0.239 e. The van der Waals surface area contributed by atoms with Crippen LogP contribution in [-0.4, -0.2) is 24.4 Å². The predicted octanol–water partition coefficient (Wildman–Crippen LogP) is 1.13. The van der Waals surface area contributed by atoms with Crippen LogP contribution in [0.4, 0.5) is 0 Å². The van der Waals surface area contributed by atoms with Crippen molar-refractivity contribution in [2.24, 2.45) is 11.7 Å². The molecule has 0 aromatic heterocycles. The second-order valence-corrected chi connectivity index (χ2v) is 5.25. The Labute approximate surface area is 132 Å². The standard InChI is InChI=1S/C15H23N3O2.ClH/c1-10(2)14(16)15(20)18-9-13(19)17-8-12-6-4-5-11(3)7-12;/h4-7,10,14H,8-9,16H2,1-3H3,(H,17,19)(H,18,20);1H/t14-;/m0./s1. The van der Waals surface area contributed by atoms with E-state index in [0.717, 1.165) is 11.1 Å². The van der Waals surface area contributed by atoms with Gasteiger partial charge in [0.05, 0.1) is 12.6 Å². The SMILES string of the molecule is Cc1cccc(CNC(=O)CNC(=O)[C@@H](N)C(C)C)c1.Cl. The first kappa shape index (κ1) is 19.4. The van der Waals surface area contributed by atoms with Crippen molar-refractivity contribution in [2.75, 3.05) is 6.54 Å². The summed E-state index contributed by atoms with van der Waals surface area (Å²) in [4.78, 5) is 23.2. The highest BCUT2D eigenvalue weighted by Gasteiger charge is 2.17. The molecule has 4 N–H and O–H groups in total. The molecule has 0 heterocycles. The quantitative estimate of drug-likeness (QED) is 0.736. The second kappa shape index (κ2) is 9.37. The molecular weight excluding hydrogens is 290 g/mol. The Hall–Kier alpha value is -1.59. The van der Waals surface area contributed by atoms with Crippen LogP contribution in [0.15, 0.2) is 24.3 Å². The van der Waals surface area contributed by atoms with E-state index in [1.54, 1.807) is 0 Å². The second-order valence-electron chi connectivity index (χ2n) is 5.25. The van der Waals surface area contributed by atoms with Crippen molar-refractivity contribution in [1.29, 1.82) is 0 Å². The highest BCUT2D eigenvalue weighted by molar-refractivity contribution is 5.87. The lowest BCUT2D eigenvalue weighted by Gasteiger charge is -2.15. The van der Waals surface area contributed by atoms with Crippen LogP contribution in [-0.2, 0) is 16.1 Å². The number of benzene rings is 1. The molecular formula is C15H24ClN3O2. The average Bonchev–Trinajstić information content (AvgIpc) is 2.41. The number of nitrogens with two attached hydrogens (primary N) is 1. The maximum Gasteiger partial charge on any atom is 0.239 e.